The zero-order valence-electron chi connectivity index (χ0n) is 11.0. The van der Waals surface area contributed by atoms with Crippen molar-refractivity contribution in [1.82, 2.24) is 4.98 Å². The third kappa shape index (κ3) is 3.00. The first-order chi connectivity index (χ1) is 8.70. The van der Waals surface area contributed by atoms with Gasteiger partial charge in [-0.3, -0.25) is 10.4 Å². The molecule has 1 fully saturated rings. The van der Waals surface area contributed by atoms with Crippen LogP contribution in [0.1, 0.15) is 38.3 Å². The monoisotopic (exact) mass is 246 g/mol. The molecule has 0 amide bonds. The molecule has 0 unspecified atom stereocenters. The van der Waals surface area contributed by atoms with Gasteiger partial charge < -0.3 is 10.6 Å². The Bertz CT molecular complexity index is 391. The van der Waals surface area contributed by atoms with Gasteiger partial charge in [-0.1, -0.05) is 19.8 Å². The number of hydrogen-bond acceptors (Lipinski definition) is 3. The molecule has 1 saturated heterocycles. The van der Waals surface area contributed by atoms with Gasteiger partial charge in [-0.2, -0.15) is 0 Å². The fourth-order valence-electron chi connectivity index (χ4n) is 2.62. The number of nitrogens with two attached hydrogens (primary N) is 1. The maximum Gasteiger partial charge on any atom is 0.141 e. The zero-order valence-corrected chi connectivity index (χ0v) is 11.0. The lowest BCUT2D eigenvalue weighted by atomic mass is 9.92. The molecule has 0 aromatic carbocycles. The van der Waals surface area contributed by atoms with Crippen LogP contribution in [0.15, 0.2) is 18.3 Å². The zero-order chi connectivity index (χ0) is 13.0. The molecule has 1 aliphatic heterocycles. The van der Waals surface area contributed by atoms with Gasteiger partial charge in [0.05, 0.1) is 11.9 Å². The predicted octanol–water partition coefficient (Wildman–Crippen LogP) is 2.38. The first-order valence-corrected chi connectivity index (χ1v) is 6.76. The van der Waals surface area contributed by atoms with Crippen LogP contribution in [0.5, 0.6) is 0 Å². The molecule has 2 rings (SSSR count). The number of anilines is 1. The van der Waals surface area contributed by atoms with E-state index in [2.05, 4.69) is 16.8 Å². The number of rotatable bonds is 4. The van der Waals surface area contributed by atoms with Crippen molar-refractivity contribution in [2.24, 2.45) is 11.7 Å². The van der Waals surface area contributed by atoms with Gasteiger partial charge in [0.25, 0.3) is 0 Å². The highest BCUT2D eigenvalue weighted by Crippen LogP contribution is 2.25. The standard InChI is InChI=1S/C14H22N4/c1-2-3-11-6-8-18(9-7-11)12-4-5-13(14(15)16)17-10-12/h4-5,10-11H,2-3,6-9H2,1H3,(H3,15,16). The lowest BCUT2D eigenvalue weighted by Gasteiger charge is -2.33. The average molecular weight is 246 g/mol. The summed E-state index contributed by atoms with van der Waals surface area (Å²) < 4.78 is 0. The number of nitrogens with one attached hydrogen (secondary N) is 1. The van der Waals surface area contributed by atoms with Crippen LogP contribution in [0.2, 0.25) is 0 Å². The van der Waals surface area contributed by atoms with E-state index >= 15 is 0 Å². The molecule has 1 aliphatic rings. The first kappa shape index (κ1) is 12.9. The maximum atomic E-state index is 7.32. The minimum absolute atomic E-state index is 0.0307. The third-order valence-corrected chi connectivity index (χ3v) is 3.70. The summed E-state index contributed by atoms with van der Waals surface area (Å²) in [5, 5.41) is 7.32. The van der Waals surface area contributed by atoms with Gasteiger partial charge in [-0.15, -0.1) is 0 Å². The van der Waals surface area contributed by atoms with Crippen LogP contribution in [0.3, 0.4) is 0 Å². The van der Waals surface area contributed by atoms with Crippen molar-refractivity contribution in [3.8, 4) is 0 Å². The number of nitrogen functional groups attached to an aromatic ring is 1. The van der Waals surface area contributed by atoms with Crippen molar-refractivity contribution in [2.75, 3.05) is 18.0 Å². The Morgan fingerprint density at radius 1 is 1.44 bits per heavy atom. The van der Waals surface area contributed by atoms with E-state index in [1.807, 2.05) is 18.3 Å². The molecule has 98 valence electrons. The topological polar surface area (TPSA) is 66.0 Å². The molecule has 1 aromatic heterocycles. The summed E-state index contributed by atoms with van der Waals surface area (Å²) in [7, 11) is 0. The second-order valence-electron chi connectivity index (χ2n) is 5.03. The van der Waals surface area contributed by atoms with Gasteiger partial charge in [0.15, 0.2) is 0 Å². The molecule has 2 heterocycles. The van der Waals surface area contributed by atoms with Crippen molar-refractivity contribution in [3.05, 3.63) is 24.0 Å². The molecule has 0 aliphatic carbocycles. The van der Waals surface area contributed by atoms with E-state index in [0.29, 0.717) is 5.69 Å². The molecule has 0 radical (unpaired) electrons. The van der Waals surface area contributed by atoms with Crippen LogP contribution >= 0.6 is 0 Å². The fourth-order valence-corrected chi connectivity index (χ4v) is 2.62. The highest BCUT2D eigenvalue weighted by molar-refractivity contribution is 5.93. The number of hydrogen-bond donors (Lipinski definition) is 2. The van der Waals surface area contributed by atoms with Crippen molar-refractivity contribution in [2.45, 2.75) is 32.6 Å². The van der Waals surface area contributed by atoms with Crippen LogP contribution in [0.4, 0.5) is 5.69 Å². The Balaban J connectivity index is 1.95. The van der Waals surface area contributed by atoms with Crippen molar-refractivity contribution in [1.29, 1.82) is 5.41 Å². The highest BCUT2D eigenvalue weighted by Gasteiger charge is 2.18. The molecule has 0 spiro atoms. The molecule has 3 N–H and O–H groups in total. The number of piperidine rings is 1. The summed E-state index contributed by atoms with van der Waals surface area (Å²) >= 11 is 0. The summed E-state index contributed by atoms with van der Waals surface area (Å²) in [6.45, 7) is 4.49. The Morgan fingerprint density at radius 3 is 2.67 bits per heavy atom. The molecule has 0 atom stereocenters. The lowest BCUT2D eigenvalue weighted by molar-refractivity contribution is 0.378. The Labute approximate surface area is 109 Å². The summed E-state index contributed by atoms with van der Waals surface area (Å²) in [6.07, 6.45) is 7.04. The Kier molecular flexibility index (Phi) is 4.18. The normalized spacial score (nSPS) is 16.8. The second kappa shape index (κ2) is 5.85. The number of nitrogens with zero attached hydrogens (tertiary/aromatic N) is 2. The summed E-state index contributed by atoms with van der Waals surface area (Å²) in [6, 6.07) is 3.85. The molecule has 4 nitrogen and oxygen atoms in total. The van der Waals surface area contributed by atoms with E-state index in [1.54, 1.807) is 0 Å². The molecular formula is C14H22N4. The lowest BCUT2D eigenvalue weighted by Crippen LogP contribution is -2.33. The van der Waals surface area contributed by atoms with E-state index in [-0.39, 0.29) is 5.84 Å². The SMILES string of the molecule is CCCC1CCN(c2ccc(C(=N)N)nc2)CC1. The molecule has 1 aromatic rings. The van der Waals surface area contributed by atoms with Crippen molar-refractivity contribution >= 4 is 11.5 Å². The number of aromatic nitrogens is 1. The van der Waals surface area contributed by atoms with Crippen LogP contribution in [-0.2, 0) is 0 Å². The van der Waals surface area contributed by atoms with Gasteiger partial charge in [0.2, 0.25) is 0 Å². The maximum absolute atomic E-state index is 7.32. The van der Waals surface area contributed by atoms with Crippen molar-refractivity contribution in [3.63, 3.8) is 0 Å². The predicted molar refractivity (Wildman–Crippen MR) is 75.1 cm³/mol. The highest BCUT2D eigenvalue weighted by atomic mass is 15.1. The minimum atomic E-state index is 0.0307. The quantitative estimate of drug-likeness (QED) is 0.633. The summed E-state index contributed by atoms with van der Waals surface area (Å²) in [4.78, 5) is 6.60. The third-order valence-electron chi connectivity index (χ3n) is 3.70. The molecule has 18 heavy (non-hydrogen) atoms. The van der Waals surface area contributed by atoms with Crippen LogP contribution in [0, 0.1) is 11.3 Å². The Hall–Kier alpha value is -1.58. The van der Waals surface area contributed by atoms with Crippen LogP contribution in [-0.4, -0.2) is 23.9 Å². The molecular weight excluding hydrogens is 224 g/mol. The molecule has 0 bridgehead atoms. The van der Waals surface area contributed by atoms with E-state index in [4.69, 9.17) is 11.1 Å². The Morgan fingerprint density at radius 2 is 2.17 bits per heavy atom. The first-order valence-electron chi connectivity index (χ1n) is 6.76. The summed E-state index contributed by atoms with van der Waals surface area (Å²) in [5.41, 5.74) is 7.10. The van der Waals surface area contributed by atoms with Gasteiger partial charge in [-0.05, 0) is 30.9 Å². The van der Waals surface area contributed by atoms with Crippen LogP contribution < -0.4 is 10.6 Å². The van der Waals surface area contributed by atoms with Gasteiger partial charge >= 0.3 is 0 Å². The van der Waals surface area contributed by atoms with E-state index in [0.717, 1.165) is 24.7 Å². The average Bonchev–Trinajstić information content (AvgIpc) is 2.40. The van der Waals surface area contributed by atoms with Gasteiger partial charge in [0, 0.05) is 13.1 Å². The molecule has 4 heteroatoms. The smallest absolute Gasteiger partial charge is 0.141 e. The van der Waals surface area contributed by atoms with E-state index in [9.17, 15) is 0 Å². The minimum Gasteiger partial charge on any atom is -0.382 e. The van der Waals surface area contributed by atoms with Gasteiger partial charge in [0.1, 0.15) is 11.5 Å². The fraction of sp³-hybridized carbons (Fsp3) is 0.571. The number of pyridine rings is 1. The van der Waals surface area contributed by atoms with Crippen LogP contribution in [0.25, 0.3) is 0 Å². The van der Waals surface area contributed by atoms with Gasteiger partial charge in [-0.25, -0.2) is 0 Å². The second-order valence-corrected chi connectivity index (χ2v) is 5.03. The number of amidine groups is 1. The van der Waals surface area contributed by atoms with Crippen molar-refractivity contribution < 1.29 is 0 Å². The molecule has 0 saturated carbocycles. The largest absolute Gasteiger partial charge is 0.382 e. The summed E-state index contributed by atoms with van der Waals surface area (Å²) in [5.74, 6) is 0.930. The van der Waals surface area contributed by atoms with E-state index < -0.39 is 0 Å². The van der Waals surface area contributed by atoms with E-state index in [1.165, 1.54) is 25.7 Å².